The van der Waals surface area contributed by atoms with Crippen LogP contribution in [0.2, 0.25) is 0 Å². The van der Waals surface area contributed by atoms with Crippen molar-refractivity contribution >= 4 is 16.9 Å². The molecule has 2 aromatic heterocycles. The predicted octanol–water partition coefficient (Wildman–Crippen LogP) is 2.96. The van der Waals surface area contributed by atoms with E-state index in [2.05, 4.69) is 10.4 Å². The second-order valence-corrected chi connectivity index (χ2v) is 6.69. The molecule has 0 radical (unpaired) electrons. The Morgan fingerprint density at radius 1 is 1.31 bits per heavy atom. The van der Waals surface area contributed by atoms with Crippen LogP contribution in [0.4, 0.5) is 0 Å². The van der Waals surface area contributed by atoms with Crippen molar-refractivity contribution in [2.45, 2.75) is 25.7 Å². The van der Waals surface area contributed by atoms with E-state index in [1.807, 2.05) is 50.4 Å². The fourth-order valence-electron chi connectivity index (χ4n) is 3.18. The van der Waals surface area contributed by atoms with Crippen LogP contribution in [0.3, 0.4) is 0 Å². The monoisotopic (exact) mass is 350 g/mol. The Hall–Kier alpha value is -2.89. The molecule has 1 aromatic carbocycles. The molecule has 26 heavy (non-hydrogen) atoms. The van der Waals surface area contributed by atoms with Crippen LogP contribution in [0.15, 0.2) is 36.4 Å². The number of nitrogens with one attached hydrogen (secondary N) is 1. The van der Waals surface area contributed by atoms with Gasteiger partial charge in [0.15, 0.2) is 5.65 Å². The number of rotatable bonds is 6. The number of hydrogen-bond acceptors (Lipinski definition) is 4. The summed E-state index contributed by atoms with van der Waals surface area (Å²) in [5, 5.41) is 8.23. The summed E-state index contributed by atoms with van der Waals surface area (Å²) in [6, 6.07) is 11.5. The minimum atomic E-state index is -0.105. The normalized spacial score (nSPS) is 13.8. The van der Waals surface area contributed by atoms with Gasteiger partial charge >= 0.3 is 0 Å². The summed E-state index contributed by atoms with van der Waals surface area (Å²) in [6.45, 7) is 2.78. The summed E-state index contributed by atoms with van der Waals surface area (Å²) < 4.78 is 7.39. The maximum atomic E-state index is 12.8. The lowest BCUT2D eigenvalue weighted by molar-refractivity contribution is 0.0948. The lowest BCUT2D eigenvalue weighted by Gasteiger charge is -2.10. The number of ether oxygens (including phenoxy) is 1. The number of aromatic nitrogens is 3. The molecule has 1 saturated carbocycles. The van der Waals surface area contributed by atoms with Gasteiger partial charge in [0, 0.05) is 18.7 Å². The first kappa shape index (κ1) is 16.6. The van der Waals surface area contributed by atoms with Gasteiger partial charge in [-0.15, -0.1) is 0 Å². The average Bonchev–Trinajstić information content (AvgIpc) is 3.46. The Morgan fingerprint density at radius 2 is 2.08 bits per heavy atom. The van der Waals surface area contributed by atoms with Crippen LogP contribution in [0.1, 0.15) is 40.5 Å². The molecule has 0 atom stereocenters. The number of carbonyl (C=O) groups is 1. The van der Waals surface area contributed by atoms with Crippen molar-refractivity contribution in [2.75, 3.05) is 13.2 Å². The van der Waals surface area contributed by atoms with Crippen LogP contribution < -0.4 is 10.1 Å². The Bertz CT molecular complexity index is 945. The van der Waals surface area contributed by atoms with E-state index in [4.69, 9.17) is 9.72 Å². The smallest absolute Gasteiger partial charge is 0.252 e. The van der Waals surface area contributed by atoms with E-state index in [1.165, 1.54) is 0 Å². The topological polar surface area (TPSA) is 69.0 Å². The van der Waals surface area contributed by atoms with Crippen LogP contribution in [-0.2, 0) is 7.05 Å². The first-order chi connectivity index (χ1) is 12.6. The molecule has 4 rings (SSSR count). The highest BCUT2D eigenvalue weighted by molar-refractivity contribution is 6.06. The number of nitrogens with zero attached hydrogens (tertiary/aromatic N) is 3. The Balaban J connectivity index is 1.50. The van der Waals surface area contributed by atoms with Gasteiger partial charge in [0.2, 0.25) is 0 Å². The molecule has 134 valence electrons. The summed E-state index contributed by atoms with van der Waals surface area (Å²) in [6.07, 6.45) is 2.28. The Kier molecular flexibility index (Phi) is 4.32. The number of para-hydroxylation sites is 1. The molecule has 0 spiro atoms. The Labute approximate surface area is 152 Å². The van der Waals surface area contributed by atoms with Crippen molar-refractivity contribution in [2.24, 2.45) is 7.05 Å². The van der Waals surface area contributed by atoms with E-state index < -0.39 is 0 Å². The third kappa shape index (κ3) is 3.27. The van der Waals surface area contributed by atoms with Crippen molar-refractivity contribution in [1.82, 2.24) is 20.1 Å². The highest BCUT2D eigenvalue weighted by atomic mass is 16.5. The molecule has 2 heterocycles. The van der Waals surface area contributed by atoms with Crippen LogP contribution in [0, 0.1) is 6.92 Å². The summed E-state index contributed by atoms with van der Waals surface area (Å²) in [5.74, 6) is 1.17. The maximum Gasteiger partial charge on any atom is 0.252 e. The largest absolute Gasteiger partial charge is 0.492 e. The van der Waals surface area contributed by atoms with Gasteiger partial charge in [-0.25, -0.2) is 4.98 Å². The Morgan fingerprint density at radius 3 is 2.81 bits per heavy atom. The van der Waals surface area contributed by atoms with Gasteiger partial charge in [0.1, 0.15) is 12.4 Å². The minimum Gasteiger partial charge on any atom is -0.492 e. The molecule has 6 heteroatoms. The molecule has 0 unspecified atom stereocenters. The van der Waals surface area contributed by atoms with Gasteiger partial charge in [-0.1, -0.05) is 18.2 Å². The molecule has 3 aromatic rings. The van der Waals surface area contributed by atoms with Crippen LogP contribution >= 0.6 is 0 Å². The molecule has 1 aliphatic carbocycles. The number of fused-ring (bicyclic) bond motifs is 1. The fourth-order valence-corrected chi connectivity index (χ4v) is 3.18. The van der Waals surface area contributed by atoms with E-state index in [9.17, 15) is 4.79 Å². The highest BCUT2D eigenvalue weighted by Crippen LogP contribution is 2.40. The quantitative estimate of drug-likeness (QED) is 0.694. The zero-order valence-corrected chi connectivity index (χ0v) is 15.0. The second kappa shape index (κ2) is 6.78. The standard InChI is InChI=1S/C20H22N4O2/c1-13-18-16(12-17(14-8-9-14)22-19(18)24(2)23-13)20(25)21-10-11-26-15-6-4-3-5-7-15/h3-7,12,14H,8-11H2,1-2H3,(H,21,25). The second-order valence-electron chi connectivity index (χ2n) is 6.69. The van der Waals surface area contributed by atoms with Crippen LogP contribution in [0.5, 0.6) is 5.75 Å². The van der Waals surface area contributed by atoms with Gasteiger partial charge < -0.3 is 10.1 Å². The summed E-state index contributed by atoms with van der Waals surface area (Å²) in [5.41, 5.74) is 3.24. The van der Waals surface area contributed by atoms with E-state index in [1.54, 1.807) is 4.68 Å². The third-order valence-electron chi connectivity index (χ3n) is 4.63. The number of benzene rings is 1. The van der Waals surface area contributed by atoms with Gasteiger partial charge in [-0.3, -0.25) is 9.48 Å². The zero-order chi connectivity index (χ0) is 18.1. The van der Waals surface area contributed by atoms with Crippen molar-refractivity contribution in [1.29, 1.82) is 0 Å². The van der Waals surface area contributed by atoms with Crippen molar-refractivity contribution < 1.29 is 9.53 Å². The van der Waals surface area contributed by atoms with Gasteiger partial charge in [-0.2, -0.15) is 5.10 Å². The molecular formula is C20H22N4O2. The van der Waals surface area contributed by atoms with E-state index in [0.717, 1.165) is 41.0 Å². The van der Waals surface area contributed by atoms with E-state index >= 15 is 0 Å². The number of pyridine rings is 1. The zero-order valence-electron chi connectivity index (χ0n) is 15.0. The molecular weight excluding hydrogens is 328 g/mol. The van der Waals surface area contributed by atoms with Crippen molar-refractivity contribution in [3.05, 3.63) is 53.3 Å². The lowest BCUT2D eigenvalue weighted by atomic mass is 10.1. The third-order valence-corrected chi connectivity index (χ3v) is 4.63. The fraction of sp³-hybridized carbons (Fsp3) is 0.350. The van der Waals surface area contributed by atoms with Crippen molar-refractivity contribution in [3.63, 3.8) is 0 Å². The summed E-state index contributed by atoms with van der Waals surface area (Å²) in [4.78, 5) is 17.5. The molecule has 0 bridgehead atoms. The first-order valence-corrected chi connectivity index (χ1v) is 8.94. The summed E-state index contributed by atoms with van der Waals surface area (Å²) in [7, 11) is 1.87. The van der Waals surface area contributed by atoms with Gasteiger partial charge in [-0.05, 0) is 38.0 Å². The van der Waals surface area contributed by atoms with Crippen molar-refractivity contribution in [3.8, 4) is 5.75 Å². The van der Waals surface area contributed by atoms with E-state index in [0.29, 0.717) is 24.6 Å². The van der Waals surface area contributed by atoms with Gasteiger partial charge in [0.05, 0.1) is 23.2 Å². The van der Waals surface area contributed by atoms with Gasteiger partial charge in [0.25, 0.3) is 5.91 Å². The van der Waals surface area contributed by atoms with Crippen LogP contribution in [0.25, 0.3) is 11.0 Å². The predicted molar refractivity (Wildman–Crippen MR) is 99.5 cm³/mol. The molecule has 0 saturated heterocycles. The number of carbonyl (C=O) groups excluding carboxylic acids is 1. The lowest BCUT2D eigenvalue weighted by Crippen LogP contribution is -2.28. The minimum absolute atomic E-state index is 0.105. The molecule has 1 fully saturated rings. The maximum absolute atomic E-state index is 12.8. The number of hydrogen-bond donors (Lipinski definition) is 1. The average molecular weight is 350 g/mol. The number of aryl methyl sites for hydroxylation is 2. The number of amides is 1. The molecule has 1 aliphatic rings. The molecule has 0 aliphatic heterocycles. The first-order valence-electron chi connectivity index (χ1n) is 8.94. The highest BCUT2D eigenvalue weighted by Gasteiger charge is 2.28. The molecule has 1 N–H and O–H groups in total. The summed E-state index contributed by atoms with van der Waals surface area (Å²) >= 11 is 0. The van der Waals surface area contributed by atoms with E-state index in [-0.39, 0.29) is 5.91 Å². The molecule has 1 amide bonds. The van der Waals surface area contributed by atoms with Crippen LogP contribution in [-0.4, -0.2) is 33.8 Å². The SMILES string of the molecule is Cc1nn(C)c2nc(C3CC3)cc(C(=O)NCCOc3ccccc3)c12. The molecule has 6 nitrogen and oxygen atoms in total.